The number of benzene rings is 1. The molecule has 0 saturated heterocycles. The fourth-order valence-corrected chi connectivity index (χ4v) is 1.40. The van der Waals surface area contributed by atoms with Gasteiger partial charge in [-0.2, -0.15) is 0 Å². The second kappa shape index (κ2) is 4.66. The molecule has 0 bridgehead atoms. The van der Waals surface area contributed by atoms with Gasteiger partial charge >= 0.3 is 5.69 Å². The lowest BCUT2D eigenvalue weighted by atomic mass is 10.2. The van der Waals surface area contributed by atoms with Crippen molar-refractivity contribution in [2.24, 2.45) is 0 Å². The van der Waals surface area contributed by atoms with Crippen LogP contribution in [0, 0.1) is 17.0 Å². The van der Waals surface area contributed by atoms with Crippen molar-refractivity contribution in [2.45, 2.75) is 6.92 Å². The summed E-state index contributed by atoms with van der Waals surface area (Å²) in [5, 5.41) is 18.2. The number of aryl methyl sites for hydroxylation is 1. The van der Waals surface area contributed by atoms with E-state index in [9.17, 15) is 10.1 Å². The van der Waals surface area contributed by atoms with Gasteiger partial charge < -0.3 is 10.5 Å². The maximum atomic E-state index is 10.9. The number of nitrogens with two attached hydrogens (primary N) is 1. The van der Waals surface area contributed by atoms with Gasteiger partial charge in [0.15, 0.2) is 0 Å². The van der Waals surface area contributed by atoms with E-state index in [2.05, 4.69) is 10.2 Å². The van der Waals surface area contributed by atoms with E-state index in [1.54, 1.807) is 19.1 Å². The predicted molar refractivity (Wildman–Crippen MR) is 64.4 cm³/mol. The van der Waals surface area contributed by atoms with E-state index in [1.807, 2.05) is 0 Å². The van der Waals surface area contributed by atoms with Gasteiger partial charge in [-0.15, -0.1) is 10.2 Å². The molecular formula is C11H10N4O3. The van der Waals surface area contributed by atoms with E-state index in [0.717, 1.165) is 0 Å². The first-order chi connectivity index (χ1) is 8.58. The van der Waals surface area contributed by atoms with Gasteiger partial charge in [-0.1, -0.05) is 12.1 Å². The molecule has 1 aromatic carbocycles. The smallest absolute Gasteiger partial charge is 0.311 e. The highest BCUT2D eigenvalue weighted by atomic mass is 16.6. The third kappa shape index (κ3) is 2.34. The molecule has 1 aromatic heterocycles. The van der Waals surface area contributed by atoms with Crippen LogP contribution in [0.3, 0.4) is 0 Å². The summed E-state index contributed by atoms with van der Waals surface area (Å²) in [6.07, 6.45) is 0. The van der Waals surface area contributed by atoms with Gasteiger partial charge in [-0.3, -0.25) is 10.1 Å². The van der Waals surface area contributed by atoms with Gasteiger partial charge in [0.25, 0.3) is 0 Å². The highest BCUT2D eigenvalue weighted by Crippen LogP contribution is 2.33. The molecule has 0 unspecified atom stereocenters. The molecule has 0 spiro atoms. The normalized spacial score (nSPS) is 10.1. The van der Waals surface area contributed by atoms with Crippen molar-refractivity contribution in [1.29, 1.82) is 0 Å². The van der Waals surface area contributed by atoms with E-state index in [-0.39, 0.29) is 23.1 Å². The molecule has 2 rings (SSSR count). The molecule has 18 heavy (non-hydrogen) atoms. The minimum absolute atomic E-state index is 0.117. The van der Waals surface area contributed by atoms with Crippen molar-refractivity contribution < 1.29 is 9.66 Å². The Morgan fingerprint density at radius 1 is 1.28 bits per heavy atom. The highest BCUT2D eigenvalue weighted by molar-refractivity contribution is 5.52. The van der Waals surface area contributed by atoms with E-state index < -0.39 is 4.92 Å². The van der Waals surface area contributed by atoms with E-state index in [0.29, 0.717) is 5.56 Å². The number of para-hydroxylation sites is 1. The number of nitro benzene ring substituents is 1. The third-order valence-electron chi connectivity index (χ3n) is 2.26. The van der Waals surface area contributed by atoms with Crippen molar-refractivity contribution >= 4 is 11.5 Å². The summed E-state index contributed by atoms with van der Waals surface area (Å²) in [5.41, 5.74) is 5.92. The summed E-state index contributed by atoms with van der Waals surface area (Å²) in [4.78, 5) is 10.4. The molecule has 0 radical (unpaired) electrons. The zero-order valence-electron chi connectivity index (χ0n) is 9.53. The highest BCUT2D eigenvalue weighted by Gasteiger charge is 2.18. The molecule has 0 saturated carbocycles. The van der Waals surface area contributed by atoms with Crippen molar-refractivity contribution in [1.82, 2.24) is 10.2 Å². The Balaban J connectivity index is 2.39. The van der Waals surface area contributed by atoms with Gasteiger partial charge in [-0.25, -0.2) is 0 Å². The zero-order chi connectivity index (χ0) is 13.1. The van der Waals surface area contributed by atoms with Gasteiger partial charge in [0.1, 0.15) is 5.82 Å². The number of nitrogens with zero attached hydrogens (tertiary/aromatic N) is 3. The Hall–Kier alpha value is -2.70. The van der Waals surface area contributed by atoms with Gasteiger partial charge in [-0.05, 0) is 18.6 Å². The Bertz CT molecular complexity index is 583. The van der Waals surface area contributed by atoms with Crippen molar-refractivity contribution in [3.8, 4) is 11.6 Å². The lowest BCUT2D eigenvalue weighted by molar-refractivity contribution is -0.385. The molecule has 2 aromatic rings. The average molecular weight is 246 g/mol. The first kappa shape index (κ1) is 11.8. The maximum Gasteiger partial charge on any atom is 0.311 e. The van der Waals surface area contributed by atoms with Crippen LogP contribution in [0.15, 0.2) is 30.3 Å². The van der Waals surface area contributed by atoms with Crippen LogP contribution < -0.4 is 10.5 Å². The topological polar surface area (TPSA) is 104 Å². The van der Waals surface area contributed by atoms with Crippen LogP contribution in [0.1, 0.15) is 5.56 Å². The average Bonchev–Trinajstić information content (AvgIpc) is 2.34. The fraction of sp³-hybridized carbons (Fsp3) is 0.0909. The number of rotatable bonds is 3. The number of anilines is 1. The third-order valence-corrected chi connectivity index (χ3v) is 2.26. The van der Waals surface area contributed by atoms with Crippen LogP contribution >= 0.6 is 0 Å². The van der Waals surface area contributed by atoms with Gasteiger partial charge in [0, 0.05) is 12.1 Å². The van der Waals surface area contributed by atoms with Crippen molar-refractivity contribution in [3.63, 3.8) is 0 Å². The van der Waals surface area contributed by atoms with Gasteiger partial charge in [0.05, 0.1) is 4.92 Å². The molecule has 0 aliphatic rings. The molecule has 92 valence electrons. The number of hydrogen-bond donors (Lipinski definition) is 1. The lowest BCUT2D eigenvalue weighted by Crippen LogP contribution is -1.98. The van der Waals surface area contributed by atoms with Crippen LogP contribution in [0.25, 0.3) is 0 Å². The zero-order valence-corrected chi connectivity index (χ0v) is 9.53. The number of nitrogen functional groups attached to an aromatic ring is 1. The largest absolute Gasteiger partial charge is 0.430 e. The molecular weight excluding hydrogens is 236 g/mol. The maximum absolute atomic E-state index is 10.9. The molecule has 1 heterocycles. The molecule has 7 nitrogen and oxygen atoms in total. The first-order valence-corrected chi connectivity index (χ1v) is 5.09. The molecule has 0 amide bonds. The summed E-state index contributed by atoms with van der Waals surface area (Å²) in [6, 6.07) is 7.68. The lowest BCUT2D eigenvalue weighted by Gasteiger charge is -2.07. The SMILES string of the molecule is Cc1cccc([N+](=O)[O-])c1Oc1ccc(N)nn1. The van der Waals surface area contributed by atoms with E-state index in [4.69, 9.17) is 10.5 Å². The first-order valence-electron chi connectivity index (χ1n) is 5.09. The monoisotopic (exact) mass is 246 g/mol. The quantitative estimate of drug-likeness (QED) is 0.656. The molecule has 0 aliphatic heterocycles. The number of nitro groups is 1. The second-order valence-corrected chi connectivity index (χ2v) is 3.58. The Morgan fingerprint density at radius 3 is 2.67 bits per heavy atom. The fourth-order valence-electron chi connectivity index (χ4n) is 1.40. The number of aromatic nitrogens is 2. The van der Waals surface area contributed by atoms with E-state index >= 15 is 0 Å². The summed E-state index contributed by atoms with van der Waals surface area (Å²) < 4.78 is 5.39. The Labute approximate surface area is 102 Å². The molecule has 0 atom stereocenters. The predicted octanol–water partition coefficient (Wildman–Crippen LogP) is 2.07. The Morgan fingerprint density at radius 2 is 2.06 bits per heavy atom. The summed E-state index contributed by atoms with van der Waals surface area (Å²) in [5.74, 6) is 0.560. The molecule has 0 fully saturated rings. The summed E-state index contributed by atoms with van der Waals surface area (Å²) in [6.45, 7) is 1.72. The molecule has 0 aliphatic carbocycles. The standard InChI is InChI=1S/C11H10N4O3/c1-7-3-2-4-8(15(16)17)11(7)18-10-6-5-9(12)13-14-10/h2-6H,1H3,(H2,12,13). The minimum Gasteiger partial charge on any atom is -0.430 e. The minimum atomic E-state index is -0.507. The van der Waals surface area contributed by atoms with Crippen LogP contribution in [0.2, 0.25) is 0 Å². The van der Waals surface area contributed by atoms with Crippen molar-refractivity contribution in [3.05, 3.63) is 46.0 Å². The molecule has 2 N–H and O–H groups in total. The molecule has 7 heteroatoms. The van der Waals surface area contributed by atoms with Crippen LogP contribution in [-0.2, 0) is 0 Å². The van der Waals surface area contributed by atoms with Crippen LogP contribution in [-0.4, -0.2) is 15.1 Å². The summed E-state index contributed by atoms with van der Waals surface area (Å²) >= 11 is 0. The van der Waals surface area contributed by atoms with Crippen LogP contribution in [0.4, 0.5) is 11.5 Å². The Kier molecular flexibility index (Phi) is 3.05. The number of hydrogen-bond acceptors (Lipinski definition) is 6. The van der Waals surface area contributed by atoms with E-state index in [1.165, 1.54) is 18.2 Å². The number of ether oxygens (including phenoxy) is 1. The van der Waals surface area contributed by atoms with Crippen molar-refractivity contribution in [2.75, 3.05) is 5.73 Å². The van der Waals surface area contributed by atoms with Gasteiger partial charge in [0.2, 0.25) is 11.6 Å². The summed E-state index contributed by atoms with van der Waals surface area (Å²) in [7, 11) is 0. The second-order valence-electron chi connectivity index (χ2n) is 3.58. The van der Waals surface area contributed by atoms with Crippen LogP contribution in [0.5, 0.6) is 11.6 Å².